The summed E-state index contributed by atoms with van der Waals surface area (Å²) in [4.78, 5) is 43.2. The van der Waals surface area contributed by atoms with Crippen molar-refractivity contribution < 1.29 is 28.6 Å². The summed E-state index contributed by atoms with van der Waals surface area (Å²) in [6.45, 7) is 0. The summed E-state index contributed by atoms with van der Waals surface area (Å²) in [5.41, 5.74) is 14.4. The van der Waals surface area contributed by atoms with Crippen molar-refractivity contribution in [2.75, 3.05) is 31.0 Å². The van der Waals surface area contributed by atoms with Crippen LogP contribution in [0.1, 0.15) is 22.3 Å². The molecule has 0 fully saturated rings. The molecule has 5 N–H and O–H groups in total. The van der Waals surface area contributed by atoms with E-state index in [9.17, 15) is 14.4 Å². The number of anilines is 3. The molecule has 3 aromatic rings. The van der Waals surface area contributed by atoms with Gasteiger partial charge < -0.3 is 31.0 Å². The van der Waals surface area contributed by atoms with Crippen LogP contribution in [0.25, 0.3) is 0 Å². The standard InChI is InChI=1S/C27H22N5O6/c1-36-21-11-16(9-18-12-30-27(29)32-25(18)28)8-17(24(21)37-2)7-6-15-4-3-5-19(10-15)31-26(35)20-14-38-22(13-33)23(20)34/h3-5,8,10-12,14,22H,9H2,1-2H3,(H,31,35)(H4,28,29,30,32). The van der Waals surface area contributed by atoms with Crippen LogP contribution < -0.4 is 26.3 Å². The number of hydrogen-bond acceptors (Lipinski definition) is 10. The minimum atomic E-state index is -1.42. The number of carbonyl (C=O) groups is 2. The maximum atomic E-state index is 12.5. The van der Waals surface area contributed by atoms with Gasteiger partial charge in [-0.3, -0.25) is 14.4 Å². The van der Waals surface area contributed by atoms with E-state index in [4.69, 9.17) is 25.7 Å². The van der Waals surface area contributed by atoms with Crippen LogP contribution in [0, 0.1) is 11.8 Å². The Bertz CT molecular complexity index is 1520. The first-order chi connectivity index (χ1) is 18.3. The Morgan fingerprint density at radius 2 is 1.97 bits per heavy atom. The van der Waals surface area contributed by atoms with Gasteiger partial charge in [-0.05, 0) is 35.9 Å². The van der Waals surface area contributed by atoms with Crippen molar-refractivity contribution in [1.29, 1.82) is 0 Å². The third-order valence-corrected chi connectivity index (χ3v) is 5.49. The normalized spacial score (nSPS) is 14.0. The number of nitrogen functional groups attached to an aromatic ring is 2. The second-order valence-electron chi connectivity index (χ2n) is 8.01. The maximum absolute atomic E-state index is 12.5. The number of rotatable bonds is 7. The van der Waals surface area contributed by atoms with Gasteiger partial charge in [-0.25, -0.2) is 4.98 Å². The zero-order chi connectivity index (χ0) is 27.2. The van der Waals surface area contributed by atoms with Gasteiger partial charge in [-0.1, -0.05) is 17.9 Å². The van der Waals surface area contributed by atoms with Gasteiger partial charge in [-0.15, -0.1) is 0 Å². The van der Waals surface area contributed by atoms with Gasteiger partial charge in [0.25, 0.3) is 12.2 Å². The first-order valence-electron chi connectivity index (χ1n) is 11.2. The van der Waals surface area contributed by atoms with Crippen LogP contribution in [0.5, 0.6) is 11.5 Å². The third kappa shape index (κ3) is 5.55. The van der Waals surface area contributed by atoms with E-state index >= 15 is 0 Å². The van der Waals surface area contributed by atoms with E-state index in [2.05, 4.69) is 27.1 Å². The molecule has 1 aliphatic heterocycles. The molecule has 1 atom stereocenters. The lowest BCUT2D eigenvalue weighted by molar-refractivity contribution is -0.121. The number of nitrogens with two attached hydrogens (primary N) is 2. The number of hydrogen-bond donors (Lipinski definition) is 3. The number of amides is 1. The monoisotopic (exact) mass is 512 g/mol. The van der Waals surface area contributed by atoms with Crippen LogP contribution in [0.15, 0.2) is 54.4 Å². The molecule has 1 radical (unpaired) electrons. The minimum Gasteiger partial charge on any atom is -0.493 e. The number of ether oxygens (including phenoxy) is 3. The van der Waals surface area contributed by atoms with Gasteiger partial charge in [-0.2, -0.15) is 4.98 Å². The highest BCUT2D eigenvalue weighted by atomic mass is 16.5. The van der Waals surface area contributed by atoms with Gasteiger partial charge >= 0.3 is 0 Å². The Morgan fingerprint density at radius 3 is 2.66 bits per heavy atom. The summed E-state index contributed by atoms with van der Waals surface area (Å²) in [5.74, 6) is 5.97. The number of nitrogens with zero attached hydrogens (tertiary/aromatic N) is 2. The van der Waals surface area contributed by atoms with Crippen molar-refractivity contribution in [3.05, 3.63) is 76.7 Å². The highest BCUT2D eigenvalue weighted by Gasteiger charge is 2.33. The zero-order valence-corrected chi connectivity index (χ0v) is 20.4. The average molecular weight is 513 g/mol. The Morgan fingerprint density at radius 1 is 1.16 bits per heavy atom. The highest BCUT2D eigenvalue weighted by Crippen LogP contribution is 2.33. The van der Waals surface area contributed by atoms with Gasteiger partial charge in [0.2, 0.25) is 17.8 Å². The number of nitrogens with one attached hydrogen (secondary N) is 1. The van der Waals surface area contributed by atoms with E-state index in [0.29, 0.717) is 40.3 Å². The van der Waals surface area contributed by atoms with E-state index in [1.54, 1.807) is 30.5 Å². The molecular formula is C27H22N5O6. The van der Waals surface area contributed by atoms with Crippen LogP contribution in [-0.4, -0.2) is 48.3 Å². The average Bonchev–Trinajstić information content (AvgIpc) is 3.29. The van der Waals surface area contributed by atoms with Crippen LogP contribution in [-0.2, 0) is 25.5 Å². The van der Waals surface area contributed by atoms with E-state index in [0.717, 1.165) is 11.8 Å². The number of aromatic nitrogens is 2. The fourth-order valence-corrected chi connectivity index (χ4v) is 3.66. The Hall–Kier alpha value is -5.37. The van der Waals surface area contributed by atoms with Crippen LogP contribution in [0.4, 0.5) is 17.5 Å². The van der Waals surface area contributed by atoms with Crippen molar-refractivity contribution in [2.45, 2.75) is 12.5 Å². The number of methoxy groups -OCH3 is 2. The molecule has 0 spiro atoms. The molecule has 0 saturated heterocycles. The molecule has 2 heterocycles. The topological polar surface area (TPSA) is 169 Å². The summed E-state index contributed by atoms with van der Waals surface area (Å²) in [7, 11) is 3.04. The Kier molecular flexibility index (Phi) is 7.53. The molecule has 1 aliphatic rings. The number of benzene rings is 2. The third-order valence-electron chi connectivity index (χ3n) is 5.49. The minimum absolute atomic E-state index is 0.0899. The summed E-state index contributed by atoms with van der Waals surface area (Å²) < 4.78 is 15.9. The second-order valence-corrected chi connectivity index (χ2v) is 8.01. The number of Topliss-reactive ketones (excluding diaryl/α,β-unsaturated/α-hetero) is 1. The Balaban J connectivity index is 1.59. The molecule has 1 unspecified atom stereocenters. The van der Waals surface area contributed by atoms with E-state index in [1.165, 1.54) is 20.5 Å². The quantitative estimate of drug-likeness (QED) is 0.240. The van der Waals surface area contributed by atoms with Crippen molar-refractivity contribution in [1.82, 2.24) is 9.97 Å². The molecule has 0 saturated carbocycles. The molecule has 191 valence electrons. The fraction of sp³-hybridized carbons (Fsp3) is 0.148. The van der Waals surface area contributed by atoms with E-state index in [1.807, 2.05) is 12.1 Å². The van der Waals surface area contributed by atoms with Crippen molar-refractivity contribution in [3.8, 4) is 23.3 Å². The van der Waals surface area contributed by atoms with Gasteiger partial charge in [0.1, 0.15) is 17.7 Å². The van der Waals surface area contributed by atoms with Gasteiger partial charge in [0, 0.05) is 29.4 Å². The Labute approximate surface area is 217 Å². The molecule has 11 heteroatoms. The lowest BCUT2D eigenvalue weighted by Gasteiger charge is -2.13. The molecule has 1 aromatic heterocycles. The molecule has 2 aromatic carbocycles. The van der Waals surface area contributed by atoms with Crippen LogP contribution >= 0.6 is 0 Å². The van der Waals surface area contributed by atoms with Crippen LogP contribution in [0.3, 0.4) is 0 Å². The highest BCUT2D eigenvalue weighted by molar-refractivity contribution is 6.28. The maximum Gasteiger partial charge on any atom is 0.262 e. The largest absolute Gasteiger partial charge is 0.493 e. The number of carbonyl (C=O) groups excluding carboxylic acids is 3. The van der Waals surface area contributed by atoms with Crippen LogP contribution in [0.2, 0.25) is 0 Å². The number of ketones is 1. The summed E-state index contributed by atoms with van der Waals surface area (Å²) >= 11 is 0. The first kappa shape index (κ1) is 25.7. The van der Waals surface area contributed by atoms with Crippen molar-refractivity contribution in [2.24, 2.45) is 0 Å². The molecule has 1 amide bonds. The van der Waals surface area contributed by atoms with E-state index < -0.39 is 17.8 Å². The van der Waals surface area contributed by atoms with Gasteiger partial charge in [0.15, 0.2) is 11.5 Å². The summed E-state index contributed by atoms with van der Waals surface area (Å²) in [5, 5.41) is 2.60. The second kappa shape index (κ2) is 11.1. The molecule has 38 heavy (non-hydrogen) atoms. The molecule has 0 aliphatic carbocycles. The van der Waals surface area contributed by atoms with E-state index in [-0.39, 0.29) is 17.3 Å². The molecule has 0 bridgehead atoms. The molecular weight excluding hydrogens is 490 g/mol. The summed E-state index contributed by atoms with van der Waals surface area (Å²) in [6, 6.07) is 10.4. The summed E-state index contributed by atoms with van der Waals surface area (Å²) in [6.07, 6.45) is 2.94. The fourth-order valence-electron chi connectivity index (χ4n) is 3.66. The zero-order valence-electron chi connectivity index (χ0n) is 20.4. The van der Waals surface area contributed by atoms with Crippen molar-refractivity contribution >= 4 is 35.4 Å². The lowest BCUT2D eigenvalue weighted by atomic mass is 10.0. The molecule has 11 nitrogen and oxygen atoms in total. The molecule has 4 rings (SSSR count). The predicted octanol–water partition coefficient (Wildman–Crippen LogP) is 1.55. The van der Waals surface area contributed by atoms with Gasteiger partial charge in [0.05, 0.1) is 19.8 Å². The smallest absolute Gasteiger partial charge is 0.262 e. The first-order valence-corrected chi connectivity index (χ1v) is 11.2. The lowest BCUT2D eigenvalue weighted by Crippen LogP contribution is -2.25. The predicted molar refractivity (Wildman–Crippen MR) is 138 cm³/mol. The SMILES string of the molecule is COc1cc(Cc2cnc(N)nc2N)cc(C#Cc2cccc(NC(=O)C3=COC([C]=O)C3=O)c2)c1OC. The van der Waals surface area contributed by atoms with Crippen molar-refractivity contribution in [3.63, 3.8) is 0 Å².